The number of rotatable bonds is 58. The third-order valence-electron chi connectivity index (χ3n) is 13.9. The van der Waals surface area contributed by atoms with E-state index in [0.29, 0.717) is 38.9 Å². The highest BCUT2D eigenvalue weighted by Gasteiger charge is 2.28. The number of allylic oxidation sites excluding steroid dienone is 12. The van der Waals surface area contributed by atoms with Gasteiger partial charge in [-0.1, -0.05) is 209 Å². The third kappa shape index (κ3) is 49.7. The second-order valence-electron chi connectivity index (χ2n) is 21.5. The Morgan fingerprint density at radius 2 is 0.684 bits per heavy atom. The molecule has 76 heavy (non-hydrogen) atoms. The summed E-state index contributed by atoms with van der Waals surface area (Å²) in [7, 11) is 0. The van der Waals surface area contributed by atoms with Crippen LogP contribution in [0.1, 0.15) is 252 Å². The molecule has 1 rings (SSSR count). The van der Waals surface area contributed by atoms with Crippen LogP contribution in [0.3, 0.4) is 0 Å². The van der Waals surface area contributed by atoms with Crippen molar-refractivity contribution in [3.63, 3.8) is 0 Å². The van der Waals surface area contributed by atoms with Crippen molar-refractivity contribution in [3.05, 3.63) is 72.9 Å². The van der Waals surface area contributed by atoms with Gasteiger partial charge in [0.25, 0.3) is 0 Å². The SMILES string of the molecule is CCCCC/C=C\C/C=C\CCCCCCCCOCC(O)CN(CC(O)COCCCCCCCC/C=C\C/C=C\CCCCC)N(CC(O)COCCCCCCCC/C=C\C/C=C\CCCCC)C1=NCCN1. The Morgan fingerprint density at radius 3 is 0.987 bits per heavy atom. The summed E-state index contributed by atoms with van der Waals surface area (Å²) >= 11 is 0. The van der Waals surface area contributed by atoms with Gasteiger partial charge in [0.15, 0.2) is 0 Å². The first kappa shape index (κ1) is 71.4. The highest BCUT2D eigenvalue weighted by molar-refractivity contribution is 5.81. The predicted octanol–water partition coefficient (Wildman–Crippen LogP) is 16.0. The minimum atomic E-state index is -0.794. The van der Waals surface area contributed by atoms with E-state index in [1.54, 1.807) is 0 Å². The Morgan fingerprint density at radius 1 is 0.395 bits per heavy atom. The van der Waals surface area contributed by atoms with Gasteiger partial charge in [-0.3, -0.25) is 10.0 Å². The molecule has 0 aromatic carbocycles. The lowest BCUT2D eigenvalue weighted by molar-refractivity contribution is -0.0832. The van der Waals surface area contributed by atoms with Gasteiger partial charge >= 0.3 is 0 Å². The fourth-order valence-corrected chi connectivity index (χ4v) is 9.25. The molecular weight excluding hydrogens is 945 g/mol. The summed E-state index contributed by atoms with van der Waals surface area (Å²) in [6.45, 7) is 11.2. The van der Waals surface area contributed by atoms with E-state index in [1.807, 2.05) is 10.0 Å². The Balaban J connectivity index is 2.53. The van der Waals surface area contributed by atoms with Crippen LogP contribution in [-0.4, -0.2) is 122 Å². The molecule has 0 amide bonds. The van der Waals surface area contributed by atoms with Gasteiger partial charge in [0.2, 0.25) is 5.96 Å². The molecular formula is C66H122N4O6. The van der Waals surface area contributed by atoms with Crippen molar-refractivity contribution < 1.29 is 29.5 Å². The molecule has 10 heteroatoms. The van der Waals surface area contributed by atoms with Gasteiger partial charge in [0.05, 0.1) is 51.2 Å². The largest absolute Gasteiger partial charge is 0.389 e. The van der Waals surface area contributed by atoms with Crippen molar-refractivity contribution in [1.82, 2.24) is 15.3 Å². The van der Waals surface area contributed by atoms with E-state index < -0.39 is 18.3 Å². The number of aliphatic hydroxyl groups is 3. The fourth-order valence-electron chi connectivity index (χ4n) is 9.25. The summed E-state index contributed by atoms with van der Waals surface area (Å²) in [5, 5.41) is 41.1. The molecule has 0 bridgehead atoms. The number of guanidine groups is 1. The number of aliphatic hydroxyl groups excluding tert-OH is 3. The monoisotopic (exact) mass is 1070 g/mol. The molecule has 0 saturated carbocycles. The second-order valence-corrected chi connectivity index (χ2v) is 21.5. The maximum atomic E-state index is 11.3. The predicted molar refractivity (Wildman–Crippen MR) is 327 cm³/mol. The molecule has 3 atom stereocenters. The number of hydrazine groups is 1. The van der Waals surface area contributed by atoms with Crippen LogP contribution in [0.2, 0.25) is 0 Å². The molecule has 0 fully saturated rings. The highest BCUT2D eigenvalue weighted by atomic mass is 16.5. The average molecular weight is 1070 g/mol. The van der Waals surface area contributed by atoms with Crippen LogP contribution < -0.4 is 5.32 Å². The first-order chi connectivity index (χ1) is 37.5. The first-order valence-electron chi connectivity index (χ1n) is 32.0. The maximum Gasteiger partial charge on any atom is 0.209 e. The van der Waals surface area contributed by atoms with Crippen LogP contribution in [0.15, 0.2) is 77.9 Å². The van der Waals surface area contributed by atoms with Crippen molar-refractivity contribution in [2.75, 3.05) is 72.4 Å². The van der Waals surface area contributed by atoms with E-state index in [0.717, 1.165) is 77.0 Å². The van der Waals surface area contributed by atoms with E-state index in [1.165, 1.54) is 154 Å². The number of hydrogen-bond acceptors (Lipinski definition) is 10. The van der Waals surface area contributed by atoms with Crippen molar-refractivity contribution >= 4 is 5.96 Å². The minimum Gasteiger partial charge on any atom is -0.389 e. The molecule has 3 unspecified atom stereocenters. The zero-order valence-electron chi connectivity index (χ0n) is 49.8. The molecule has 10 nitrogen and oxygen atoms in total. The van der Waals surface area contributed by atoms with Crippen LogP contribution in [-0.2, 0) is 14.2 Å². The van der Waals surface area contributed by atoms with E-state index in [9.17, 15) is 15.3 Å². The van der Waals surface area contributed by atoms with Gasteiger partial charge in [-0.2, -0.15) is 0 Å². The number of nitrogens with zero attached hydrogens (tertiary/aromatic N) is 3. The van der Waals surface area contributed by atoms with Crippen LogP contribution >= 0.6 is 0 Å². The Bertz CT molecular complexity index is 1360. The molecule has 0 radical (unpaired) electrons. The van der Waals surface area contributed by atoms with Crippen molar-refractivity contribution in [2.24, 2.45) is 4.99 Å². The van der Waals surface area contributed by atoms with Gasteiger partial charge in [-0.25, -0.2) is 5.01 Å². The molecule has 0 aromatic rings. The van der Waals surface area contributed by atoms with Crippen LogP contribution in [0.4, 0.5) is 0 Å². The van der Waals surface area contributed by atoms with E-state index in [4.69, 9.17) is 19.2 Å². The van der Waals surface area contributed by atoms with E-state index in [2.05, 4.69) is 99.0 Å². The second kappa shape index (κ2) is 58.6. The first-order valence-corrected chi connectivity index (χ1v) is 32.0. The number of unbranched alkanes of at least 4 members (excludes halogenated alkanes) is 27. The topological polar surface area (TPSA) is 119 Å². The Hall–Kier alpha value is -2.57. The maximum absolute atomic E-state index is 11.3. The summed E-state index contributed by atoms with van der Waals surface area (Å²) in [4.78, 5) is 4.71. The van der Waals surface area contributed by atoms with E-state index >= 15 is 0 Å². The lowest BCUT2D eigenvalue weighted by Crippen LogP contribution is -2.57. The van der Waals surface area contributed by atoms with Crippen LogP contribution in [0.25, 0.3) is 0 Å². The lowest BCUT2D eigenvalue weighted by Gasteiger charge is -2.39. The smallest absolute Gasteiger partial charge is 0.209 e. The summed E-state index contributed by atoms with van der Waals surface area (Å²) in [5.41, 5.74) is 0. The average Bonchev–Trinajstić information content (AvgIpc) is 3.96. The molecule has 0 aromatic heterocycles. The van der Waals surface area contributed by atoms with Crippen molar-refractivity contribution in [2.45, 2.75) is 270 Å². The molecule has 1 heterocycles. The molecule has 4 N–H and O–H groups in total. The van der Waals surface area contributed by atoms with Crippen molar-refractivity contribution in [1.29, 1.82) is 0 Å². The lowest BCUT2D eigenvalue weighted by atomic mass is 10.1. The van der Waals surface area contributed by atoms with Gasteiger partial charge in [0, 0.05) is 39.5 Å². The molecule has 442 valence electrons. The fraction of sp³-hybridized carbons (Fsp3) is 0.803. The molecule has 0 aliphatic carbocycles. The zero-order chi connectivity index (χ0) is 54.7. The van der Waals surface area contributed by atoms with E-state index in [-0.39, 0.29) is 39.5 Å². The van der Waals surface area contributed by atoms with Gasteiger partial charge in [-0.15, -0.1) is 0 Å². The van der Waals surface area contributed by atoms with Gasteiger partial charge in [0.1, 0.15) is 0 Å². The Labute approximate surface area is 469 Å². The normalized spacial score (nSPS) is 14.6. The zero-order valence-corrected chi connectivity index (χ0v) is 49.8. The van der Waals surface area contributed by atoms with Crippen molar-refractivity contribution in [3.8, 4) is 0 Å². The van der Waals surface area contributed by atoms with Crippen LogP contribution in [0, 0.1) is 0 Å². The number of ether oxygens (including phenoxy) is 3. The quantitative estimate of drug-likeness (QED) is 0.0268. The summed E-state index contributed by atoms with van der Waals surface area (Å²) in [6, 6.07) is 0. The van der Waals surface area contributed by atoms with Gasteiger partial charge < -0.3 is 34.8 Å². The summed E-state index contributed by atoms with van der Waals surface area (Å²) < 4.78 is 18.0. The molecule has 1 aliphatic rings. The summed E-state index contributed by atoms with van der Waals surface area (Å²) in [5.74, 6) is 0.633. The number of hydrogen-bond donors (Lipinski definition) is 4. The van der Waals surface area contributed by atoms with Crippen LogP contribution in [0.5, 0.6) is 0 Å². The molecule has 0 saturated heterocycles. The summed E-state index contributed by atoms with van der Waals surface area (Å²) in [6.07, 6.45) is 68.5. The molecule has 1 aliphatic heterocycles. The minimum absolute atomic E-state index is 0.199. The highest BCUT2D eigenvalue weighted by Crippen LogP contribution is 2.14. The number of aliphatic imine (C=N–C) groups is 1. The molecule has 0 spiro atoms. The standard InChI is InChI=1S/C66H122N4O6/c1-4-7-10-13-16-19-22-25-28-31-34-37-40-43-46-49-54-74-60-63(71)57-69(58-64(72)61-75-55-50-47-44-41-38-35-32-29-26-23-20-17-14-11-8-5-2)70(66-67-52-53-68-66)59-65(73)62-76-56-51-48-45-42-39-36-33-30-27-24-21-18-15-12-9-6-3/h16-21,25-30,63-65,71-73H,4-15,22-24,31-62H2,1-3H3,(H,67,68)/b19-16-,20-17-,21-18-,28-25-,29-26-,30-27-. The van der Waals surface area contributed by atoms with Gasteiger partial charge in [-0.05, 0) is 116 Å². The third-order valence-corrected chi connectivity index (χ3v) is 13.9. The Kier molecular flexibility index (Phi) is 55.1. The number of nitrogens with one attached hydrogen (secondary N) is 1.